The van der Waals surface area contributed by atoms with Crippen LogP contribution in [-0.2, 0) is 6.54 Å². The van der Waals surface area contributed by atoms with Gasteiger partial charge < -0.3 is 0 Å². The van der Waals surface area contributed by atoms with Gasteiger partial charge >= 0.3 is 0 Å². The summed E-state index contributed by atoms with van der Waals surface area (Å²) >= 11 is 1.66. The van der Waals surface area contributed by atoms with Crippen LogP contribution in [-0.4, -0.2) is 33.7 Å². The fourth-order valence-electron chi connectivity index (χ4n) is 2.87. The van der Waals surface area contributed by atoms with Gasteiger partial charge in [-0.3, -0.25) is 4.90 Å². The Balaban J connectivity index is 1.57. The molecule has 0 radical (unpaired) electrons. The standard InChI is InChI=1S/C17H20FN3S/c1-2-22-17-19-9-13(10-20-17)11-21-8-7-15(12-21)14-3-5-16(18)6-4-14/h3-6,9-10,15H,2,7-8,11-12H2,1H3. The maximum absolute atomic E-state index is 13.0. The highest BCUT2D eigenvalue weighted by Gasteiger charge is 2.23. The second kappa shape index (κ2) is 7.20. The Morgan fingerprint density at radius 3 is 2.64 bits per heavy atom. The van der Waals surface area contributed by atoms with Gasteiger partial charge in [0.1, 0.15) is 5.82 Å². The Morgan fingerprint density at radius 2 is 1.95 bits per heavy atom. The average Bonchev–Trinajstić information content (AvgIpc) is 2.99. The summed E-state index contributed by atoms with van der Waals surface area (Å²) in [6.45, 7) is 5.06. The largest absolute Gasteiger partial charge is 0.298 e. The van der Waals surface area contributed by atoms with Gasteiger partial charge in [-0.15, -0.1) is 0 Å². The number of hydrogen-bond donors (Lipinski definition) is 0. The molecule has 1 unspecified atom stereocenters. The van der Waals surface area contributed by atoms with Crippen molar-refractivity contribution in [3.8, 4) is 0 Å². The molecule has 0 N–H and O–H groups in total. The summed E-state index contributed by atoms with van der Waals surface area (Å²) in [5.74, 6) is 1.32. The fourth-order valence-corrected chi connectivity index (χ4v) is 3.38. The minimum Gasteiger partial charge on any atom is -0.298 e. The third kappa shape index (κ3) is 3.84. The van der Waals surface area contributed by atoms with E-state index in [-0.39, 0.29) is 5.82 Å². The number of nitrogens with zero attached hydrogens (tertiary/aromatic N) is 3. The molecule has 0 spiro atoms. The van der Waals surface area contributed by atoms with E-state index in [1.165, 1.54) is 5.56 Å². The van der Waals surface area contributed by atoms with Crippen molar-refractivity contribution < 1.29 is 4.39 Å². The predicted molar refractivity (Wildman–Crippen MR) is 87.5 cm³/mol. The quantitative estimate of drug-likeness (QED) is 0.621. The number of hydrogen-bond acceptors (Lipinski definition) is 4. The van der Waals surface area contributed by atoms with Crippen molar-refractivity contribution in [1.29, 1.82) is 0 Å². The molecule has 3 nitrogen and oxygen atoms in total. The Kier molecular flexibility index (Phi) is 5.05. The van der Waals surface area contributed by atoms with Gasteiger partial charge in [-0.25, -0.2) is 14.4 Å². The van der Waals surface area contributed by atoms with Crippen LogP contribution in [0.25, 0.3) is 0 Å². The smallest absolute Gasteiger partial charge is 0.187 e. The highest BCUT2D eigenvalue weighted by Crippen LogP contribution is 2.28. The van der Waals surface area contributed by atoms with Crippen LogP contribution in [0.3, 0.4) is 0 Å². The summed E-state index contributed by atoms with van der Waals surface area (Å²) < 4.78 is 13.0. The SMILES string of the molecule is CCSc1ncc(CN2CCC(c3ccc(F)cc3)C2)cn1. The zero-order chi connectivity index (χ0) is 15.4. The van der Waals surface area contributed by atoms with Gasteiger partial charge in [0, 0.05) is 31.0 Å². The van der Waals surface area contributed by atoms with Crippen molar-refractivity contribution in [2.75, 3.05) is 18.8 Å². The Labute approximate surface area is 135 Å². The van der Waals surface area contributed by atoms with Gasteiger partial charge in [0.2, 0.25) is 0 Å². The number of thioether (sulfide) groups is 1. The third-order valence-electron chi connectivity index (χ3n) is 3.98. The summed E-state index contributed by atoms with van der Waals surface area (Å²) in [6, 6.07) is 6.92. The highest BCUT2D eigenvalue weighted by atomic mass is 32.2. The Bertz CT molecular complexity index is 600. The van der Waals surface area contributed by atoms with E-state index < -0.39 is 0 Å². The fraction of sp³-hybridized carbons (Fsp3) is 0.412. The minimum atomic E-state index is -0.166. The van der Waals surface area contributed by atoms with E-state index in [2.05, 4.69) is 21.8 Å². The van der Waals surface area contributed by atoms with E-state index >= 15 is 0 Å². The molecule has 1 aromatic heterocycles. The van der Waals surface area contributed by atoms with Crippen molar-refractivity contribution in [1.82, 2.24) is 14.9 Å². The molecular weight excluding hydrogens is 297 g/mol. The van der Waals surface area contributed by atoms with E-state index in [0.717, 1.165) is 42.5 Å². The molecule has 1 saturated heterocycles. The zero-order valence-electron chi connectivity index (χ0n) is 12.7. The van der Waals surface area contributed by atoms with Crippen molar-refractivity contribution in [2.24, 2.45) is 0 Å². The molecule has 1 fully saturated rings. The molecule has 2 heterocycles. The normalized spacial score (nSPS) is 18.7. The molecule has 0 saturated carbocycles. The van der Waals surface area contributed by atoms with Gasteiger partial charge in [-0.05, 0) is 42.3 Å². The number of rotatable bonds is 5. The summed E-state index contributed by atoms with van der Waals surface area (Å²) in [5.41, 5.74) is 2.38. The maximum atomic E-state index is 13.0. The van der Waals surface area contributed by atoms with Crippen LogP contribution in [0.15, 0.2) is 41.8 Å². The number of aromatic nitrogens is 2. The average molecular weight is 317 g/mol. The molecule has 0 aliphatic carbocycles. The topological polar surface area (TPSA) is 29.0 Å². The summed E-state index contributed by atoms with van der Waals surface area (Å²) in [5, 5.41) is 0.844. The van der Waals surface area contributed by atoms with Crippen molar-refractivity contribution in [3.63, 3.8) is 0 Å². The molecule has 5 heteroatoms. The first kappa shape index (κ1) is 15.4. The molecule has 116 valence electrons. The van der Waals surface area contributed by atoms with E-state index in [0.29, 0.717) is 5.92 Å². The van der Waals surface area contributed by atoms with E-state index in [1.807, 2.05) is 24.5 Å². The zero-order valence-corrected chi connectivity index (χ0v) is 13.5. The molecule has 1 aliphatic heterocycles. The predicted octanol–water partition coefficient (Wildman–Crippen LogP) is 3.72. The molecule has 1 aromatic carbocycles. The maximum Gasteiger partial charge on any atom is 0.187 e. The van der Waals surface area contributed by atoms with Crippen molar-refractivity contribution in [3.05, 3.63) is 53.6 Å². The van der Waals surface area contributed by atoms with E-state index in [9.17, 15) is 4.39 Å². The van der Waals surface area contributed by atoms with Crippen LogP contribution in [0.2, 0.25) is 0 Å². The minimum absolute atomic E-state index is 0.166. The summed E-state index contributed by atoms with van der Waals surface area (Å²) in [7, 11) is 0. The Hall–Kier alpha value is -1.46. The lowest BCUT2D eigenvalue weighted by Gasteiger charge is -2.16. The monoisotopic (exact) mass is 317 g/mol. The van der Waals surface area contributed by atoms with E-state index in [4.69, 9.17) is 0 Å². The summed E-state index contributed by atoms with van der Waals surface area (Å²) in [6.07, 6.45) is 4.97. The molecule has 1 atom stereocenters. The first-order chi connectivity index (χ1) is 10.7. The number of halogens is 1. The lowest BCUT2D eigenvalue weighted by molar-refractivity contribution is 0.325. The van der Waals surface area contributed by atoms with Crippen LogP contribution in [0.1, 0.15) is 30.4 Å². The highest BCUT2D eigenvalue weighted by molar-refractivity contribution is 7.99. The Morgan fingerprint density at radius 1 is 1.23 bits per heavy atom. The van der Waals surface area contributed by atoms with Crippen LogP contribution in [0.4, 0.5) is 4.39 Å². The second-order valence-corrected chi connectivity index (χ2v) is 6.81. The summed E-state index contributed by atoms with van der Waals surface area (Å²) in [4.78, 5) is 11.2. The lowest BCUT2D eigenvalue weighted by atomic mass is 9.99. The van der Waals surface area contributed by atoms with Gasteiger partial charge in [0.15, 0.2) is 5.16 Å². The van der Waals surface area contributed by atoms with E-state index in [1.54, 1.807) is 23.9 Å². The first-order valence-electron chi connectivity index (χ1n) is 7.66. The molecule has 2 aromatic rings. The van der Waals surface area contributed by atoms with Gasteiger partial charge in [0.05, 0.1) is 0 Å². The second-order valence-electron chi connectivity index (χ2n) is 5.58. The van der Waals surface area contributed by atoms with Crippen LogP contribution in [0, 0.1) is 5.82 Å². The molecule has 22 heavy (non-hydrogen) atoms. The number of benzene rings is 1. The lowest BCUT2D eigenvalue weighted by Crippen LogP contribution is -2.20. The molecule has 0 bridgehead atoms. The van der Waals surface area contributed by atoms with Gasteiger partial charge in [-0.1, -0.05) is 30.8 Å². The van der Waals surface area contributed by atoms with Crippen LogP contribution < -0.4 is 0 Å². The first-order valence-corrected chi connectivity index (χ1v) is 8.64. The van der Waals surface area contributed by atoms with Crippen molar-refractivity contribution >= 4 is 11.8 Å². The van der Waals surface area contributed by atoms with Crippen LogP contribution >= 0.6 is 11.8 Å². The molecular formula is C17H20FN3S. The van der Waals surface area contributed by atoms with Crippen molar-refractivity contribution in [2.45, 2.75) is 31.0 Å². The molecule has 3 rings (SSSR count). The van der Waals surface area contributed by atoms with Crippen LogP contribution in [0.5, 0.6) is 0 Å². The number of likely N-dealkylation sites (tertiary alicyclic amines) is 1. The molecule has 1 aliphatic rings. The van der Waals surface area contributed by atoms with Gasteiger partial charge in [-0.2, -0.15) is 0 Å². The molecule has 0 amide bonds. The van der Waals surface area contributed by atoms with Gasteiger partial charge in [0.25, 0.3) is 0 Å². The third-order valence-corrected chi connectivity index (χ3v) is 4.73.